The van der Waals surface area contributed by atoms with Crippen LogP contribution >= 0.6 is 11.6 Å². The van der Waals surface area contributed by atoms with Crippen LogP contribution in [0.4, 0.5) is 18.9 Å². The van der Waals surface area contributed by atoms with Gasteiger partial charge in [0.05, 0.1) is 17.0 Å². The van der Waals surface area contributed by atoms with Gasteiger partial charge in [0.2, 0.25) is 11.8 Å². The summed E-state index contributed by atoms with van der Waals surface area (Å²) < 4.78 is 38.8. The molecule has 0 bridgehead atoms. The van der Waals surface area contributed by atoms with Crippen LogP contribution in [-0.2, 0) is 22.2 Å². The average molecular weight is 488 g/mol. The van der Waals surface area contributed by atoms with Gasteiger partial charge in [0.15, 0.2) is 0 Å². The van der Waals surface area contributed by atoms with E-state index < -0.39 is 22.7 Å². The third-order valence-electron chi connectivity index (χ3n) is 4.71. The van der Waals surface area contributed by atoms with Crippen molar-refractivity contribution in [3.8, 4) is 11.1 Å². The lowest BCUT2D eigenvalue weighted by Gasteiger charge is -2.12. The minimum Gasteiger partial charge on any atom is -0.322 e. The van der Waals surface area contributed by atoms with Crippen LogP contribution in [0.25, 0.3) is 11.1 Å². The fourth-order valence-corrected chi connectivity index (χ4v) is 3.30. The number of benzene rings is 3. The molecule has 3 N–H and O–H groups in total. The standard InChI is InChI=1S/C25H21ClF3N3O2/c1-16(13-23(33)30-20-11-12-22(26)21(15-20)25(27,28)29)31-32-24(34)14-17-7-9-19(10-8-17)18-5-3-2-4-6-18/h2-13,15,31H,14H2,1H3,(H,30,33)(H,32,34)/b16-13-. The quantitative estimate of drug-likeness (QED) is 0.294. The number of rotatable bonds is 7. The summed E-state index contributed by atoms with van der Waals surface area (Å²) in [7, 11) is 0. The summed E-state index contributed by atoms with van der Waals surface area (Å²) in [4.78, 5) is 24.3. The van der Waals surface area contributed by atoms with Crippen molar-refractivity contribution < 1.29 is 22.8 Å². The molecule has 0 saturated heterocycles. The molecule has 34 heavy (non-hydrogen) atoms. The number of amides is 2. The van der Waals surface area contributed by atoms with Gasteiger partial charge in [-0.05, 0) is 41.8 Å². The van der Waals surface area contributed by atoms with Gasteiger partial charge in [0.1, 0.15) is 0 Å². The second-order valence-corrected chi connectivity index (χ2v) is 7.83. The summed E-state index contributed by atoms with van der Waals surface area (Å²) in [5.41, 5.74) is 7.18. The molecule has 0 heterocycles. The first kappa shape index (κ1) is 24.9. The van der Waals surface area contributed by atoms with Crippen molar-refractivity contribution in [2.75, 3.05) is 5.32 Å². The lowest BCUT2D eigenvalue weighted by molar-refractivity contribution is -0.137. The first-order valence-electron chi connectivity index (χ1n) is 10.2. The largest absolute Gasteiger partial charge is 0.417 e. The van der Waals surface area contributed by atoms with E-state index in [-0.39, 0.29) is 23.7 Å². The lowest BCUT2D eigenvalue weighted by atomic mass is 10.0. The van der Waals surface area contributed by atoms with Gasteiger partial charge in [-0.2, -0.15) is 13.2 Å². The van der Waals surface area contributed by atoms with Crippen LogP contribution in [0.5, 0.6) is 0 Å². The zero-order valence-corrected chi connectivity index (χ0v) is 18.8. The zero-order valence-electron chi connectivity index (χ0n) is 18.0. The molecule has 0 aliphatic carbocycles. The molecule has 9 heteroatoms. The third-order valence-corrected chi connectivity index (χ3v) is 5.04. The van der Waals surface area contributed by atoms with Crippen molar-refractivity contribution in [2.24, 2.45) is 0 Å². The van der Waals surface area contributed by atoms with Gasteiger partial charge in [0.25, 0.3) is 0 Å². The molecule has 0 aliphatic rings. The molecule has 0 aromatic heterocycles. The van der Waals surface area contributed by atoms with Crippen LogP contribution in [0.2, 0.25) is 5.02 Å². The maximum Gasteiger partial charge on any atom is 0.417 e. The molecular formula is C25H21ClF3N3O2. The molecule has 0 atom stereocenters. The smallest absolute Gasteiger partial charge is 0.322 e. The number of hydrogen-bond donors (Lipinski definition) is 3. The fraction of sp³-hybridized carbons (Fsp3) is 0.120. The first-order valence-corrected chi connectivity index (χ1v) is 10.5. The highest BCUT2D eigenvalue weighted by Gasteiger charge is 2.33. The van der Waals surface area contributed by atoms with Gasteiger partial charge in [0, 0.05) is 17.5 Å². The van der Waals surface area contributed by atoms with E-state index in [2.05, 4.69) is 16.2 Å². The minimum atomic E-state index is -4.64. The molecule has 0 saturated carbocycles. The Balaban J connectivity index is 1.51. The number of allylic oxidation sites excluding steroid dienone is 1. The molecular weight excluding hydrogens is 467 g/mol. The van der Waals surface area contributed by atoms with E-state index in [1.54, 1.807) is 0 Å². The second kappa shape index (κ2) is 10.9. The Kier molecular flexibility index (Phi) is 7.96. The predicted octanol–water partition coefficient (Wildman–Crippen LogP) is 5.73. The number of carbonyl (C=O) groups excluding carboxylic acids is 2. The lowest BCUT2D eigenvalue weighted by Crippen LogP contribution is -2.37. The van der Waals surface area contributed by atoms with Crippen molar-refractivity contribution in [2.45, 2.75) is 19.5 Å². The number of alkyl halides is 3. The van der Waals surface area contributed by atoms with Gasteiger partial charge >= 0.3 is 6.18 Å². The monoisotopic (exact) mass is 487 g/mol. The molecule has 3 aromatic carbocycles. The highest BCUT2D eigenvalue weighted by molar-refractivity contribution is 6.31. The molecule has 0 fully saturated rings. The van der Waals surface area contributed by atoms with E-state index in [1.807, 2.05) is 54.6 Å². The number of halogens is 4. The highest BCUT2D eigenvalue weighted by atomic mass is 35.5. The second-order valence-electron chi connectivity index (χ2n) is 7.42. The van der Waals surface area contributed by atoms with Crippen molar-refractivity contribution in [3.63, 3.8) is 0 Å². The fourth-order valence-electron chi connectivity index (χ4n) is 3.07. The van der Waals surface area contributed by atoms with E-state index in [0.29, 0.717) is 0 Å². The highest BCUT2D eigenvalue weighted by Crippen LogP contribution is 2.36. The molecule has 0 unspecified atom stereocenters. The Morgan fingerprint density at radius 2 is 1.56 bits per heavy atom. The van der Waals surface area contributed by atoms with Crippen molar-refractivity contribution >= 4 is 29.1 Å². The van der Waals surface area contributed by atoms with Gasteiger partial charge in [-0.25, -0.2) is 0 Å². The van der Waals surface area contributed by atoms with Crippen molar-refractivity contribution in [1.29, 1.82) is 0 Å². The summed E-state index contributed by atoms with van der Waals surface area (Å²) in [5, 5.41) is 1.87. The molecule has 0 spiro atoms. The zero-order chi connectivity index (χ0) is 24.7. The molecule has 3 rings (SSSR count). The number of anilines is 1. The van der Waals surface area contributed by atoms with Crippen molar-refractivity contribution in [3.05, 3.63) is 101 Å². The van der Waals surface area contributed by atoms with Crippen LogP contribution in [0.1, 0.15) is 18.1 Å². The average Bonchev–Trinajstić information content (AvgIpc) is 2.79. The van der Waals surface area contributed by atoms with E-state index in [9.17, 15) is 22.8 Å². The number of hydrogen-bond acceptors (Lipinski definition) is 3. The van der Waals surface area contributed by atoms with Gasteiger partial charge in [-0.15, -0.1) is 0 Å². The summed E-state index contributed by atoms with van der Waals surface area (Å²) in [6, 6.07) is 20.5. The molecule has 3 aromatic rings. The van der Waals surface area contributed by atoms with Crippen molar-refractivity contribution in [1.82, 2.24) is 10.9 Å². The topological polar surface area (TPSA) is 70.2 Å². The van der Waals surface area contributed by atoms with E-state index in [1.165, 1.54) is 13.0 Å². The molecule has 176 valence electrons. The SMILES string of the molecule is C/C(=C/C(=O)Nc1ccc(Cl)c(C(F)(F)F)c1)NNC(=O)Cc1ccc(-c2ccccc2)cc1. The summed E-state index contributed by atoms with van der Waals surface area (Å²) in [6.45, 7) is 1.53. The Labute approximate surface area is 199 Å². The van der Waals surface area contributed by atoms with Gasteiger partial charge in [-0.1, -0.05) is 66.2 Å². The van der Waals surface area contributed by atoms with Crippen LogP contribution in [0, 0.1) is 0 Å². The molecule has 2 amide bonds. The Morgan fingerprint density at radius 1 is 0.912 bits per heavy atom. The minimum absolute atomic E-state index is 0.0613. The Hall–Kier alpha value is -3.78. The Bertz CT molecular complexity index is 1190. The van der Waals surface area contributed by atoms with Gasteiger partial charge in [-0.3, -0.25) is 15.0 Å². The third kappa shape index (κ3) is 7.11. The first-order chi connectivity index (χ1) is 16.1. The normalized spacial score (nSPS) is 11.6. The predicted molar refractivity (Wildman–Crippen MR) is 126 cm³/mol. The van der Waals surface area contributed by atoms with E-state index >= 15 is 0 Å². The summed E-state index contributed by atoms with van der Waals surface area (Å²) in [6.07, 6.45) is -3.42. The van der Waals surface area contributed by atoms with Crippen LogP contribution in [-0.4, -0.2) is 11.8 Å². The van der Waals surface area contributed by atoms with Crippen LogP contribution in [0.15, 0.2) is 84.6 Å². The molecule has 0 aliphatic heterocycles. The number of carbonyl (C=O) groups is 2. The van der Waals surface area contributed by atoms with Gasteiger partial charge < -0.3 is 10.7 Å². The summed E-state index contributed by atoms with van der Waals surface area (Å²) in [5.74, 6) is -1.00. The molecule has 0 radical (unpaired) electrons. The molecule has 5 nitrogen and oxygen atoms in total. The Morgan fingerprint density at radius 3 is 2.21 bits per heavy atom. The van der Waals surface area contributed by atoms with Crippen LogP contribution in [0.3, 0.4) is 0 Å². The van der Waals surface area contributed by atoms with E-state index in [0.717, 1.165) is 34.9 Å². The maximum atomic E-state index is 12.9. The van der Waals surface area contributed by atoms with E-state index in [4.69, 9.17) is 11.6 Å². The number of hydrazine groups is 1. The summed E-state index contributed by atoms with van der Waals surface area (Å²) >= 11 is 5.57. The van der Waals surface area contributed by atoms with Crippen LogP contribution < -0.4 is 16.2 Å². The maximum absolute atomic E-state index is 12.9. The number of nitrogens with one attached hydrogen (secondary N) is 3.